The van der Waals surface area contributed by atoms with Crippen LogP contribution in [-0.2, 0) is 4.79 Å². The summed E-state index contributed by atoms with van der Waals surface area (Å²) in [6.07, 6.45) is 4.01. The highest BCUT2D eigenvalue weighted by Crippen LogP contribution is 2.54. The van der Waals surface area contributed by atoms with E-state index in [9.17, 15) is 14.9 Å². The molecular weight excluding hydrogens is 182 g/mol. The summed E-state index contributed by atoms with van der Waals surface area (Å²) in [4.78, 5) is 22.7. The summed E-state index contributed by atoms with van der Waals surface area (Å²) in [6.45, 7) is 0. The van der Waals surface area contributed by atoms with Crippen LogP contribution in [0.25, 0.3) is 0 Å². The van der Waals surface area contributed by atoms with Gasteiger partial charge in [0.25, 0.3) is 5.54 Å². The van der Waals surface area contributed by atoms with Gasteiger partial charge < -0.3 is 0 Å². The molecule has 0 aromatic rings. The van der Waals surface area contributed by atoms with Gasteiger partial charge in [0.2, 0.25) is 5.78 Å². The number of hydrogen-bond donors (Lipinski definition) is 0. The highest BCUT2D eigenvalue weighted by molar-refractivity contribution is 5.91. The molecular formula is C10H13NO3. The molecule has 0 N–H and O–H groups in total. The van der Waals surface area contributed by atoms with Crippen LogP contribution >= 0.6 is 0 Å². The van der Waals surface area contributed by atoms with Crippen molar-refractivity contribution in [2.24, 2.45) is 17.8 Å². The van der Waals surface area contributed by atoms with E-state index >= 15 is 0 Å². The molecule has 4 aliphatic rings. The first-order valence-electron chi connectivity index (χ1n) is 5.30. The van der Waals surface area contributed by atoms with Gasteiger partial charge in [-0.1, -0.05) is 0 Å². The average Bonchev–Trinajstić information content (AvgIpc) is 2.12. The SMILES string of the molecule is O=C1C2C[C@@H]3C[C@H](C2)CC1([N+](=O)[O-])C3. The van der Waals surface area contributed by atoms with Crippen LogP contribution in [0, 0.1) is 27.9 Å². The zero-order valence-electron chi connectivity index (χ0n) is 7.94. The van der Waals surface area contributed by atoms with Crippen LogP contribution in [0.2, 0.25) is 0 Å². The maximum Gasteiger partial charge on any atom is 0.280 e. The molecule has 4 atom stereocenters. The van der Waals surface area contributed by atoms with E-state index in [2.05, 4.69) is 0 Å². The van der Waals surface area contributed by atoms with Crippen LogP contribution in [0.4, 0.5) is 0 Å². The van der Waals surface area contributed by atoms with Crippen LogP contribution in [0.5, 0.6) is 0 Å². The molecule has 4 saturated carbocycles. The molecule has 0 radical (unpaired) electrons. The Bertz CT molecular complexity index is 311. The van der Waals surface area contributed by atoms with E-state index in [4.69, 9.17) is 0 Å². The van der Waals surface area contributed by atoms with Crippen LogP contribution in [-0.4, -0.2) is 16.2 Å². The number of hydrogen-bond acceptors (Lipinski definition) is 3. The largest absolute Gasteiger partial charge is 0.291 e. The first-order valence-corrected chi connectivity index (χ1v) is 5.30. The van der Waals surface area contributed by atoms with Gasteiger partial charge in [0.05, 0.1) is 0 Å². The first kappa shape index (κ1) is 8.38. The van der Waals surface area contributed by atoms with E-state index in [0.29, 0.717) is 24.7 Å². The Hall–Kier alpha value is -0.930. The molecule has 4 fully saturated rings. The van der Waals surface area contributed by atoms with Crippen LogP contribution in [0.15, 0.2) is 0 Å². The van der Waals surface area contributed by atoms with Crippen molar-refractivity contribution in [3.8, 4) is 0 Å². The minimum absolute atomic E-state index is 0.0200. The van der Waals surface area contributed by atoms with Crippen molar-refractivity contribution in [3.05, 3.63) is 10.1 Å². The fourth-order valence-electron chi connectivity index (χ4n) is 3.97. The van der Waals surface area contributed by atoms with Crippen molar-refractivity contribution in [1.82, 2.24) is 0 Å². The monoisotopic (exact) mass is 195 g/mol. The summed E-state index contributed by atoms with van der Waals surface area (Å²) >= 11 is 0. The fourth-order valence-corrected chi connectivity index (χ4v) is 3.97. The summed E-state index contributed by atoms with van der Waals surface area (Å²) in [7, 11) is 0. The van der Waals surface area contributed by atoms with Gasteiger partial charge in [-0.2, -0.15) is 0 Å². The topological polar surface area (TPSA) is 60.2 Å². The highest BCUT2D eigenvalue weighted by atomic mass is 16.6. The summed E-state index contributed by atoms with van der Waals surface area (Å²) < 4.78 is 0. The third-order valence-corrected chi connectivity index (χ3v) is 4.33. The van der Waals surface area contributed by atoms with Crippen LogP contribution < -0.4 is 0 Å². The molecule has 0 aromatic carbocycles. The molecule has 0 aromatic heterocycles. The standard InChI is InChI=1S/C10H13NO3/c12-9-8-2-6-1-7(3-8)5-10(9,4-6)11(13)14/h6-8H,1-5H2/t6-,7+,8?,10?. The van der Waals surface area contributed by atoms with E-state index in [-0.39, 0.29) is 16.6 Å². The van der Waals surface area contributed by atoms with Crippen molar-refractivity contribution in [2.45, 2.75) is 37.6 Å². The van der Waals surface area contributed by atoms with Gasteiger partial charge >= 0.3 is 0 Å². The number of nitro groups is 1. The third-order valence-electron chi connectivity index (χ3n) is 4.33. The molecule has 0 saturated heterocycles. The summed E-state index contributed by atoms with van der Waals surface area (Å²) in [5.74, 6) is 0.868. The van der Waals surface area contributed by atoms with Gasteiger partial charge in [-0.3, -0.25) is 14.9 Å². The lowest BCUT2D eigenvalue weighted by Crippen LogP contribution is -2.61. The Balaban J connectivity index is 2.05. The van der Waals surface area contributed by atoms with E-state index in [0.717, 1.165) is 19.3 Å². The first-order chi connectivity index (χ1) is 6.62. The number of carbonyl (C=O) groups is 1. The van der Waals surface area contributed by atoms with Gasteiger partial charge in [-0.25, -0.2) is 0 Å². The van der Waals surface area contributed by atoms with E-state index in [1.807, 2.05) is 0 Å². The van der Waals surface area contributed by atoms with Crippen molar-refractivity contribution in [1.29, 1.82) is 0 Å². The Morgan fingerprint density at radius 3 is 2.29 bits per heavy atom. The van der Waals surface area contributed by atoms with Gasteiger partial charge in [0.15, 0.2) is 0 Å². The molecule has 2 unspecified atom stereocenters. The molecule has 0 aliphatic heterocycles. The van der Waals surface area contributed by atoms with Crippen molar-refractivity contribution < 1.29 is 9.72 Å². The lowest BCUT2D eigenvalue weighted by atomic mass is 9.52. The number of Topliss-reactive ketones (excluding diaryl/α,β-unsaturated/α-hetero) is 1. The quantitative estimate of drug-likeness (QED) is 0.469. The minimum atomic E-state index is -1.16. The lowest BCUT2D eigenvalue weighted by molar-refractivity contribution is -0.565. The summed E-state index contributed by atoms with van der Waals surface area (Å²) in [5.41, 5.74) is -1.16. The number of rotatable bonds is 1. The summed E-state index contributed by atoms with van der Waals surface area (Å²) in [5, 5.41) is 11.0. The molecule has 0 spiro atoms. The maximum atomic E-state index is 11.9. The molecule has 0 heterocycles. The minimum Gasteiger partial charge on any atom is -0.291 e. The Labute approximate surface area is 81.8 Å². The molecule has 76 valence electrons. The van der Waals surface area contributed by atoms with E-state index in [1.165, 1.54) is 0 Å². The number of ketones is 1. The second-order valence-electron chi connectivity index (χ2n) is 5.20. The van der Waals surface area contributed by atoms with Crippen molar-refractivity contribution in [2.75, 3.05) is 0 Å². The average molecular weight is 195 g/mol. The van der Waals surface area contributed by atoms with E-state index in [1.54, 1.807) is 0 Å². The molecule has 4 heteroatoms. The molecule has 4 bridgehead atoms. The lowest BCUT2D eigenvalue weighted by Gasteiger charge is -2.50. The predicted molar refractivity (Wildman–Crippen MR) is 48.3 cm³/mol. The Kier molecular flexibility index (Phi) is 1.41. The normalized spacial score (nSPS) is 49.7. The molecule has 0 amide bonds. The second-order valence-corrected chi connectivity index (χ2v) is 5.20. The Morgan fingerprint density at radius 2 is 1.79 bits per heavy atom. The zero-order valence-corrected chi connectivity index (χ0v) is 7.94. The Morgan fingerprint density at radius 1 is 1.21 bits per heavy atom. The summed E-state index contributed by atoms with van der Waals surface area (Å²) in [6, 6.07) is 0. The van der Waals surface area contributed by atoms with Gasteiger partial charge in [-0.05, 0) is 31.1 Å². The number of nitrogens with zero attached hydrogens (tertiary/aromatic N) is 1. The van der Waals surface area contributed by atoms with Crippen molar-refractivity contribution >= 4 is 5.78 Å². The molecule has 4 nitrogen and oxygen atoms in total. The zero-order chi connectivity index (χ0) is 9.92. The second kappa shape index (κ2) is 2.35. The maximum absolute atomic E-state index is 11.9. The molecule has 14 heavy (non-hydrogen) atoms. The predicted octanol–water partition coefficient (Wildman–Crippen LogP) is 1.41. The van der Waals surface area contributed by atoms with Gasteiger partial charge in [-0.15, -0.1) is 0 Å². The van der Waals surface area contributed by atoms with Crippen LogP contribution in [0.1, 0.15) is 32.1 Å². The molecule has 4 aliphatic carbocycles. The fraction of sp³-hybridized carbons (Fsp3) is 0.900. The highest BCUT2D eigenvalue weighted by Gasteiger charge is 2.64. The van der Waals surface area contributed by atoms with Gasteiger partial charge in [0.1, 0.15) is 0 Å². The number of carbonyl (C=O) groups excluding carboxylic acids is 1. The van der Waals surface area contributed by atoms with E-state index < -0.39 is 5.54 Å². The van der Waals surface area contributed by atoms with Gasteiger partial charge in [0, 0.05) is 23.7 Å². The molecule has 4 rings (SSSR count). The van der Waals surface area contributed by atoms with Crippen molar-refractivity contribution in [3.63, 3.8) is 0 Å². The smallest absolute Gasteiger partial charge is 0.280 e. The van der Waals surface area contributed by atoms with Crippen LogP contribution in [0.3, 0.4) is 0 Å². The third kappa shape index (κ3) is 0.817.